The van der Waals surface area contributed by atoms with Gasteiger partial charge in [-0.1, -0.05) is 30.3 Å². The lowest BCUT2D eigenvalue weighted by molar-refractivity contribution is 0.281. The summed E-state index contributed by atoms with van der Waals surface area (Å²) in [7, 11) is -3.05. The second-order valence-electron chi connectivity index (χ2n) is 13.9. The smallest absolute Gasteiger partial charge is 0.486 e. The Morgan fingerprint density at radius 1 is 0.361 bits per heavy atom. The molecule has 0 bridgehead atoms. The van der Waals surface area contributed by atoms with Gasteiger partial charge in [-0.15, -0.1) is 0 Å². The van der Waals surface area contributed by atoms with Crippen molar-refractivity contribution in [2.45, 2.75) is 6.42 Å². The Hall–Kier alpha value is -6.98. The summed E-state index contributed by atoms with van der Waals surface area (Å²) in [4.78, 5) is 0. The molecule has 0 aliphatic heterocycles. The molecule has 0 N–H and O–H groups in total. The number of benzene rings is 9. The molecule has 0 unspecified atom stereocenters. The van der Waals surface area contributed by atoms with Crippen molar-refractivity contribution < 1.29 is 75.4 Å². The lowest BCUT2D eigenvalue weighted by Gasteiger charge is -2.23. The molecule has 0 spiro atoms. The van der Waals surface area contributed by atoms with Gasteiger partial charge >= 0.3 is 7.32 Å². The molecule has 1 aliphatic rings. The van der Waals surface area contributed by atoms with Gasteiger partial charge in [0.15, 0.2) is 69.7 Å². The molecule has 61 heavy (non-hydrogen) atoms. The molecule has 9 aromatic rings. The van der Waals surface area contributed by atoms with Crippen LogP contribution in [0.4, 0.5) is 61.5 Å². The monoisotopic (exact) mass is 854 g/mol. The van der Waals surface area contributed by atoms with Gasteiger partial charge < -0.3 is 14.0 Å². The van der Waals surface area contributed by atoms with E-state index < -0.39 is 172 Å². The Balaban J connectivity index is 1.23. The molecule has 0 radical (unpaired) electrons. The van der Waals surface area contributed by atoms with Crippen LogP contribution in [0.2, 0.25) is 0 Å². The van der Waals surface area contributed by atoms with E-state index in [1.165, 1.54) is 12.1 Å². The van der Waals surface area contributed by atoms with Crippen molar-refractivity contribution in [3.8, 4) is 28.4 Å². The summed E-state index contributed by atoms with van der Waals surface area (Å²) in [6, 6.07) is 10.2. The Morgan fingerprint density at radius 3 is 1.70 bits per heavy atom. The Bertz CT molecular complexity index is 3450. The first-order chi connectivity index (χ1) is 29.1. The molecular formula is C43H13BF14O3. The number of rotatable bonds is 6. The minimum Gasteiger partial charge on any atom is -0.486 e. The first-order valence-electron chi connectivity index (χ1n) is 17.6. The number of hydrogen-bond donors (Lipinski definition) is 0. The molecule has 0 fully saturated rings. The van der Waals surface area contributed by atoms with Gasteiger partial charge in [0.1, 0.15) is 17.4 Å². The molecule has 0 saturated heterocycles. The first kappa shape index (κ1) is 38.2. The highest BCUT2D eigenvalue weighted by Crippen LogP contribution is 2.49. The van der Waals surface area contributed by atoms with E-state index in [-0.39, 0.29) is 16.3 Å². The zero-order chi connectivity index (χ0) is 43.1. The first-order valence-corrected chi connectivity index (χ1v) is 17.6. The van der Waals surface area contributed by atoms with Gasteiger partial charge in [0, 0.05) is 55.4 Å². The van der Waals surface area contributed by atoms with E-state index in [2.05, 4.69) is 0 Å². The zero-order valence-corrected chi connectivity index (χ0v) is 29.7. The van der Waals surface area contributed by atoms with E-state index in [1.54, 1.807) is 0 Å². The lowest BCUT2D eigenvalue weighted by Crippen LogP contribution is -2.38. The van der Waals surface area contributed by atoms with Crippen molar-refractivity contribution in [1.82, 2.24) is 0 Å². The lowest BCUT2D eigenvalue weighted by atomic mass is 9.92. The topological polar surface area (TPSA) is 27.7 Å². The summed E-state index contributed by atoms with van der Waals surface area (Å²) in [5, 5.41) is -6.94. The third-order valence-electron chi connectivity index (χ3n) is 10.7. The van der Waals surface area contributed by atoms with Gasteiger partial charge in [-0.3, -0.25) is 0 Å². The van der Waals surface area contributed by atoms with Crippen LogP contribution >= 0.6 is 0 Å². The molecular weight excluding hydrogens is 841 g/mol. The molecule has 0 amide bonds. The quantitative estimate of drug-likeness (QED) is 0.0548. The van der Waals surface area contributed by atoms with Gasteiger partial charge in [-0.25, -0.2) is 48.3 Å². The van der Waals surface area contributed by atoms with Crippen LogP contribution in [-0.2, 0) is 6.42 Å². The molecule has 18 heteroatoms. The van der Waals surface area contributed by atoms with Gasteiger partial charge in [-0.05, 0) is 52.7 Å². The summed E-state index contributed by atoms with van der Waals surface area (Å²) in [6.45, 7) is 0. The molecule has 9 aromatic carbocycles. The summed E-state index contributed by atoms with van der Waals surface area (Å²) < 4.78 is 232. The normalized spacial score (nSPS) is 12.4. The molecule has 3 nitrogen and oxygen atoms in total. The third-order valence-corrected chi connectivity index (χ3v) is 10.7. The fraction of sp³-hybridized carbons (Fsp3) is 0.0233. The maximum atomic E-state index is 16.3. The minimum absolute atomic E-state index is 0.0288. The average molecular weight is 854 g/mol. The molecule has 304 valence electrons. The molecule has 1 aliphatic carbocycles. The van der Waals surface area contributed by atoms with Crippen LogP contribution in [0.25, 0.3) is 65.0 Å². The van der Waals surface area contributed by atoms with Crippen molar-refractivity contribution in [3.63, 3.8) is 0 Å². The molecule has 0 aromatic heterocycles. The highest BCUT2D eigenvalue weighted by molar-refractivity contribution is 6.40. The summed E-state index contributed by atoms with van der Waals surface area (Å²) >= 11 is 0. The van der Waals surface area contributed by atoms with Crippen molar-refractivity contribution >= 4 is 61.2 Å². The standard InChI is InChI=1S/C43H13BF14O3/c45-21-3-1-2-15-11-20-27(24(15)21)32(50)37(55)40(58)43(20)61-44(60-42-19-10-14-6-9-23(47)30(48)17(14)12-18(19)31(49)36(54)39(42)57)59-41-16-7-4-13-5-8-22(46)28-25(13)26(16)29(34(52)33(28)51)35(53)38(41)56/h1-10,12H,11H2. The van der Waals surface area contributed by atoms with E-state index in [1.807, 2.05) is 0 Å². The van der Waals surface area contributed by atoms with Crippen LogP contribution in [0.5, 0.6) is 17.2 Å². The molecule has 0 atom stereocenters. The minimum atomic E-state index is -3.05. The SMILES string of the molecule is Fc1cccc2c1-c1c(F)c(F)c(F)c(OB(Oc3c(F)c(F)c(F)c4cc5c(F)c(F)ccc5cc34)Oc3c(F)c(F)c4c(F)c(F)c5c(F)ccc6ccc3c4c65)c1C2. The van der Waals surface area contributed by atoms with Gasteiger partial charge in [0.25, 0.3) is 0 Å². The van der Waals surface area contributed by atoms with Crippen LogP contribution in [0, 0.1) is 81.4 Å². The summed E-state index contributed by atoms with van der Waals surface area (Å²) in [6.07, 6.45) is -0.590. The highest BCUT2D eigenvalue weighted by atomic mass is 19.2. The van der Waals surface area contributed by atoms with Crippen LogP contribution in [0.1, 0.15) is 11.1 Å². The fourth-order valence-corrected chi connectivity index (χ4v) is 8.04. The number of halogens is 14. The fourth-order valence-electron chi connectivity index (χ4n) is 8.04. The Morgan fingerprint density at radius 2 is 0.951 bits per heavy atom. The van der Waals surface area contributed by atoms with E-state index in [9.17, 15) is 8.78 Å². The van der Waals surface area contributed by atoms with Crippen LogP contribution < -0.4 is 14.0 Å². The van der Waals surface area contributed by atoms with E-state index in [0.717, 1.165) is 42.5 Å². The summed E-state index contributed by atoms with van der Waals surface area (Å²) in [5.41, 5.74) is -2.07. The maximum Gasteiger partial charge on any atom is 0.864 e. The van der Waals surface area contributed by atoms with Gasteiger partial charge in [0.2, 0.25) is 11.6 Å². The second kappa shape index (κ2) is 13.3. The Kier molecular flexibility index (Phi) is 8.31. The van der Waals surface area contributed by atoms with Crippen LogP contribution in [0.15, 0.2) is 66.7 Å². The molecule has 0 heterocycles. The molecule has 0 saturated carbocycles. The van der Waals surface area contributed by atoms with Crippen molar-refractivity contribution in [1.29, 1.82) is 0 Å². The van der Waals surface area contributed by atoms with Gasteiger partial charge in [-0.2, -0.15) is 13.2 Å². The third kappa shape index (κ3) is 5.26. The van der Waals surface area contributed by atoms with Crippen molar-refractivity contribution in [3.05, 3.63) is 159 Å². The number of hydrogen-bond acceptors (Lipinski definition) is 3. The van der Waals surface area contributed by atoms with E-state index in [0.29, 0.717) is 12.1 Å². The molecule has 10 rings (SSSR count). The largest absolute Gasteiger partial charge is 0.864 e. The predicted molar refractivity (Wildman–Crippen MR) is 193 cm³/mol. The second-order valence-corrected chi connectivity index (χ2v) is 13.9. The van der Waals surface area contributed by atoms with E-state index in [4.69, 9.17) is 14.0 Å². The average Bonchev–Trinajstić information content (AvgIpc) is 3.65. The van der Waals surface area contributed by atoms with Gasteiger partial charge in [0.05, 0.1) is 10.8 Å². The van der Waals surface area contributed by atoms with Crippen LogP contribution in [-0.4, -0.2) is 7.32 Å². The predicted octanol–water partition coefficient (Wildman–Crippen LogP) is 12.9. The zero-order valence-electron chi connectivity index (χ0n) is 29.7. The van der Waals surface area contributed by atoms with Crippen LogP contribution in [0.3, 0.4) is 0 Å². The van der Waals surface area contributed by atoms with Crippen molar-refractivity contribution in [2.24, 2.45) is 0 Å². The summed E-state index contributed by atoms with van der Waals surface area (Å²) in [5.74, 6) is -30.6. The highest BCUT2D eigenvalue weighted by Gasteiger charge is 2.42. The Labute approximate surface area is 330 Å². The number of fused-ring (bicyclic) bond motifs is 5. The van der Waals surface area contributed by atoms with Crippen molar-refractivity contribution in [2.75, 3.05) is 0 Å². The van der Waals surface area contributed by atoms with E-state index >= 15 is 52.7 Å². The maximum absolute atomic E-state index is 16.3.